The van der Waals surface area contributed by atoms with Crippen LogP contribution in [0, 0.1) is 0 Å². The second kappa shape index (κ2) is 10.1. The molecule has 1 saturated heterocycles. The van der Waals surface area contributed by atoms with E-state index in [9.17, 15) is 18.0 Å². The van der Waals surface area contributed by atoms with E-state index < -0.39 is 15.7 Å². The fourth-order valence-electron chi connectivity index (χ4n) is 4.43. The molecule has 190 valence electrons. The number of aliphatic imine (C=N–C) groups is 1. The van der Waals surface area contributed by atoms with Gasteiger partial charge in [0.2, 0.25) is 10.0 Å². The molecule has 0 aliphatic carbocycles. The number of benzene rings is 1. The SMILES string of the molecule is CCCOc1ccc(S(=O)(=O)N2CCN(C)CC2)cc1C1=Nc2c(c(=O)n(C)c(=O)n2CCC)C1. The maximum Gasteiger partial charge on any atom is 0.332 e. The molecule has 11 heteroatoms. The molecule has 0 bridgehead atoms. The molecule has 2 aliphatic heterocycles. The quantitative estimate of drug-likeness (QED) is 0.539. The van der Waals surface area contributed by atoms with Crippen molar-refractivity contribution < 1.29 is 13.2 Å². The van der Waals surface area contributed by atoms with E-state index in [2.05, 4.69) is 9.89 Å². The first-order chi connectivity index (χ1) is 16.7. The van der Waals surface area contributed by atoms with Crippen molar-refractivity contribution in [3.63, 3.8) is 0 Å². The fraction of sp³-hybridized carbons (Fsp3) is 0.542. The van der Waals surface area contributed by atoms with Crippen molar-refractivity contribution in [1.29, 1.82) is 0 Å². The van der Waals surface area contributed by atoms with E-state index in [0.717, 1.165) is 11.0 Å². The maximum absolute atomic E-state index is 13.4. The molecular formula is C24H33N5O5S. The number of piperazine rings is 1. The molecule has 1 aromatic carbocycles. The summed E-state index contributed by atoms with van der Waals surface area (Å²) in [6.45, 7) is 7.02. The fourth-order valence-corrected chi connectivity index (χ4v) is 5.88. The Labute approximate surface area is 205 Å². The molecule has 35 heavy (non-hydrogen) atoms. The summed E-state index contributed by atoms with van der Waals surface area (Å²) in [5.41, 5.74) is 0.698. The van der Waals surface area contributed by atoms with Crippen LogP contribution in [0.25, 0.3) is 0 Å². The van der Waals surface area contributed by atoms with Crippen molar-refractivity contribution in [2.45, 2.75) is 44.6 Å². The van der Waals surface area contributed by atoms with Crippen molar-refractivity contribution >= 4 is 21.6 Å². The topological polar surface area (TPSA) is 106 Å². The molecule has 3 heterocycles. The van der Waals surface area contributed by atoms with Gasteiger partial charge in [0.05, 0.1) is 22.8 Å². The Balaban J connectivity index is 1.81. The monoisotopic (exact) mass is 503 g/mol. The number of nitrogens with zero attached hydrogens (tertiary/aromatic N) is 5. The summed E-state index contributed by atoms with van der Waals surface area (Å²) < 4.78 is 36.9. The molecule has 10 nitrogen and oxygen atoms in total. The normalized spacial score (nSPS) is 16.9. The lowest BCUT2D eigenvalue weighted by molar-refractivity contribution is 0.222. The number of aromatic nitrogens is 2. The number of hydrogen-bond donors (Lipinski definition) is 0. The molecule has 2 aliphatic rings. The first kappa shape index (κ1) is 25.3. The van der Waals surface area contributed by atoms with Crippen molar-refractivity contribution in [2.75, 3.05) is 39.8 Å². The number of sulfonamides is 1. The summed E-state index contributed by atoms with van der Waals surface area (Å²) >= 11 is 0. The van der Waals surface area contributed by atoms with Crippen LogP contribution in [0.4, 0.5) is 5.82 Å². The second-order valence-electron chi connectivity index (χ2n) is 9.05. The van der Waals surface area contributed by atoms with Crippen LogP contribution in [0.5, 0.6) is 5.75 Å². The lowest BCUT2D eigenvalue weighted by Gasteiger charge is -2.31. The Kier molecular flexibility index (Phi) is 7.30. The van der Waals surface area contributed by atoms with Crippen LogP contribution < -0.4 is 16.0 Å². The van der Waals surface area contributed by atoms with Crippen LogP contribution in [0.2, 0.25) is 0 Å². The van der Waals surface area contributed by atoms with Gasteiger partial charge in [0.1, 0.15) is 11.6 Å². The summed E-state index contributed by atoms with van der Waals surface area (Å²) in [6.07, 6.45) is 1.69. The van der Waals surface area contributed by atoms with Crippen molar-refractivity contribution in [3.05, 3.63) is 50.2 Å². The summed E-state index contributed by atoms with van der Waals surface area (Å²) in [7, 11) is -0.267. The van der Waals surface area contributed by atoms with E-state index >= 15 is 0 Å². The third kappa shape index (κ3) is 4.72. The van der Waals surface area contributed by atoms with Crippen LogP contribution in [0.15, 0.2) is 37.7 Å². The predicted molar refractivity (Wildman–Crippen MR) is 135 cm³/mol. The number of likely N-dealkylation sites (N-methyl/N-ethyl adjacent to an activating group) is 1. The Bertz CT molecular complexity index is 1370. The highest BCUT2D eigenvalue weighted by atomic mass is 32.2. The van der Waals surface area contributed by atoms with Gasteiger partial charge >= 0.3 is 5.69 Å². The van der Waals surface area contributed by atoms with Gasteiger partial charge in [-0.3, -0.25) is 13.9 Å². The van der Waals surface area contributed by atoms with Crippen LogP contribution in [0.3, 0.4) is 0 Å². The van der Waals surface area contributed by atoms with Gasteiger partial charge in [-0.05, 0) is 38.1 Å². The van der Waals surface area contributed by atoms with Gasteiger partial charge in [-0.15, -0.1) is 0 Å². The van der Waals surface area contributed by atoms with Crippen molar-refractivity contribution in [3.8, 4) is 5.75 Å². The van der Waals surface area contributed by atoms with Gasteiger partial charge < -0.3 is 9.64 Å². The molecule has 2 aromatic rings. The van der Waals surface area contributed by atoms with E-state index in [1.165, 1.54) is 15.9 Å². The molecule has 0 atom stereocenters. The van der Waals surface area contributed by atoms with Crippen LogP contribution in [0.1, 0.15) is 37.8 Å². The minimum Gasteiger partial charge on any atom is -0.493 e. The third-order valence-corrected chi connectivity index (χ3v) is 8.36. The molecule has 4 rings (SSSR count). The van der Waals surface area contributed by atoms with Gasteiger partial charge in [0.15, 0.2) is 0 Å². The molecule has 0 N–H and O–H groups in total. The molecular weight excluding hydrogens is 470 g/mol. The minimum atomic E-state index is -3.71. The Morgan fingerprint density at radius 3 is 2.40 bits per heavy atom. The molecule has 0 spiro atoms. The summed E-state index contributed by atoms with van der Waals surface area (Å²) in [5.74, 6) is 0.862. The lowest BCUT2D eigenvalue weighted by Crippen LogP contribution is -2.47. The number of rotatable bonds is 8. The van der Waals surface area contributed by atoms with E-state index in [-0.39, 0.29) is 16.9 Å². The highest BCUT2D eigenvalue weighted by Gasteiger charge is 2.31. The first-order valence-electron chi connectivity index (χ1n) is 12.0. The Morgan fingerprint density at radius 2 is 1.74 bits per heavy atom. The van der Waals surface area contributed by atoms with Gasteiger partial charge in [-0.2, -0.15) is 4.31 Å². The number of hydrogen-bond acceptors (Lipinski definition) is 7. The van der Waals surface area contributed by atoms with E-state index in [4.69, 9.17) is 4.74 Å². The second-order valence-corrected chi connectivity index (χ2v) is 11.0. The summed E-state index contributed by atoms with van der Waals surface area (Å²) in [4.78, 5) is 32.5. The van der Waals surface area contributed by atoms with Gasteiger partial charge in [0.25, 0.3) is 5.56 Å². The van der Waals surface area contributed by atoms with Gasteiger partial charge in [-0.1, -0.05) is 13.8 Å². The molecule has 1 aromatic heterocycles. The number of ether oxygens (including phenoxy) is 1. The van der Waals surface area contributed by atoms with Crippen molar-refractivity contribution in [1.82, 2.24) is 18.3 Å². The smallest absolute Gasteiger partial charge is 0.332 e. The van der Waals surface area contributed by atoms with Gasteiger partial charge in [0, 0.05) is 51.8 Å². The van der Waals surface area contributed by atoms with E-state index in [1.54, 1.807) is 18.2 Å². The lowest BCUT2D eigenvalue weighted by atomic mass is 10.0. The average Bonchev–Trinajstić information content (AvgIpc) is 3.29. The third-order valence-electron chi connectivity index (χ3n) is 6.46. The molecule has 0 saturated carbocycles. The zero-order valence-corrected chi connectivity index (χ0v) is 21.6. The van der Waals surface area contributed by atoms with E-state index in [0.29, 0.717) is 74.2 Å². The molecule has 1 fully saturated rings. The highest BCUT2D eigenvalue weighted by Crippen LogP contribution is 2.32. The summed E-state index contributed by atoms with van der Waals surface area (Å²) in [6, 6.07) is 4.82. The number of fused-ring (bicyclic) bond motifs is 1. The minimum absolute atomic E-state index is 0.165. The molecule has 0 unspecified atom stereocenters. The molecule has 0 amide bonds. The highest BCUT2D eigenvalue weighted by molar-refractivity contribution is 7.89. The standard InChI is InChI=1S/C24H33N5O5S/c1-5-9-29-22-19(23(30)27(4)24(29)31)16-20(25-22)18-15-17(7-8-21(18)34-14-6-2)35(32,33)28-12-10-26(3)11-13-28/h7-8,15H,5-6,9-14,16H2,1-4H3. The molecule has 0 radical (unpaired) electrons. The zero-order chi connectivity index (χ0) is 25.3. The van der Waals surface area contributed by atoms with Gasteiger partial charge in [-0.25, -0.2) is 18.2 Å². The Hall–Kier alpha value is -2.76. The summed E-state index contributed by atoms with van der Waals surface area (Å²) in [5, 5.41) is 0. The van der Waals surface area contributed by atoms with Crippen molar-refractivity contribution in [2.24, 2.45) is 12.0 Å². The van der Waals surface area contributed by atoms with E-state index in [1.807, 2.05) is 20.9 Å². The first-order valence-corrected chi connectivity index (χ1v) is 13.5. The average molecular weight is 504 g/mol. The van der Waals surface area contributed by atoms with Crippen LogP contribution >= 0.6 is 0 Å². The largest absolute Gasteiger partial charge is 0.493 e. The van der Waals surface area contributed by atoms with Crippen LogP contribution in [-0.2, 0) is 30.0 Å². The zero-order valence-electron chi connectivity index (χ0n) is 20.8. The van der Waals surface area contributed by atoms with Crippen LogP contribution in [-0.4, -0.2) is 72.3 Å². The predicted octanol–water partition coefficient (Wildman–Crippen LogP) is 1.36. The maximum atomic E-state index is 13.4. The Morgan fingerprint density at radius 1 is 1.03 bits per heavy atom.